The molecule has 0 saturated heterocycles. The number of aliphatic carboxylic acids is 1. The molecule has 0 heterocycles. The fraction of sp³-hybridized carbons (Fsp3) is 0.250. The van der Waals surface area contributed by atoms with Gasteiger partial charge in [0.15, 0.2) is 6.10 Å². The van der Waals surface area contributed by atoms with Crippen molar-refractivity contribution in [3.63, 3.8) is 0 Å². The molecular formula is C12H14N2O5. The average molecular weight is 266 g/mol. The van der Waals surface area contributed by atoms with Gasteiger partial charge in [0.25, 0.3) is 5.91 Å². The largest absolute Gasteiger partial charge is 0.480 e. The van der Waals surface area contributed by atoms with Crippen molar-refractivity contribution in [3.05, 3.63) is 35.9 Å². The Morgan fingerprint density at radius 3 is 2.26 bits per heavy atom. The zero-order valence-electron chi connectivity index (χ0n) is 9.95. The molecule has 7 heteroatoms. The van der Waals surface area contributed by atoms with E-state index in [1.54, 1.807) is 18.2 Å². The number of carboxylic acid groups (broad SMARTS) is 1. The number of nitrogens with two attached hydrogens (primary N) is 1. The molecule has 102 valence electrons. The lowest BCUT2D eigenvalue weighted by atomic mass is 10.1. The SMILES string of the molecule is NC(=O)C[C@@H](NC(=O)C(O)c1ccccc1)C(=O)O. The number of rotatable bonds is 6. The van der Waals surface area contributed by atoms with E-state index in [1.165, 1.54) is 12.1 Å². The minimum absolute atomic E-state index is 0.322. The number of benzene rings is 1. The molecule has 0 aliphatic rings. The van der Waals surface area contributed by atoms with E-state index in [2.05, 4.69) is 5.32 Å². The standard InChI is InChI=1S/C12H14N2O5/c13-9(15)6-8(12(18)19)14-11(17)10(16)7-4-2-1-3-5-7/h1-5,8,10,16H,6H2,(H2,13,15)(H,14,17)(H,18,19)/t8-,10?/m1/s1. The second-order valence-corrected chi connectivity index (χ2v) is 3.88. The molecule has 0 fully saturated rings. The van der Waals surface area contributed by atoms with Crippen LogP contribution in [0.25, 0.3) is 0 Å². The van der Waals surface area contributed by atoms with Crippen molar-refractivity contribution < 1.29 is 24.6 Å². The Kier molecular flexibility index (Phi) is 5.01. The number of hydrogen-bond acceptors (Lipinski definition) is 4. The predicted molar refractivity (Wildman–Crippen MR) is 64.8 cm³/mol. The van der Waals surface area contributed by atoms with Crippen LogP contribution < -0.4 is 11.1 Å². The van der Waals surface area contributed by atoms with Gasteiger partial charge in [-0.25, -0.2) is 4.79 Å². The van der Waals surface area contributed by atoms with Gasteiger partial charge < -0.3 is 21.3 Å². The summed E-state index contributed by atoms with van der Waals surface area (Å²) in [7, 11) is 0. The van der Waals surface area contributed by atoms with Gasteiger partial charge in [0, 0.05) is 0 Å². The quantitative estimate of drug-likeness (QED) is 0.533. The Balaban J connectivity index is 2.72. The summed E-state index contributed by atoms with van der Waals surface area (Å²) in [5.74, 6) is -3.16. The summed E-state index contributed by atoms with van der Waals surface area (Å²) in [6.45, 7) is 0. The summed E-state index contributed by atoms with van der Waals surface area (Å²) in [4.78, 5) is 33.2. The van der Waals surface area contributed by atoms with E-state index in [0.717, 1.165) is 0 Å². The molecule has 0 aliphatic carbocycles. The third kappa shape index (κ3) is 4.40. The number of carboxylic acids is 1. The van der Waals surface area contributed by atoms with Crippen molar-refractivity contribution in [2.24, 2.45) is 5.73 Å². The number of aliphatic hydroxyl groups is 1. The van der Waals surface area contributed by atoms with E-state index in [-0.39, 0.29) is 0 Å². The highest BCUT2D eigenvalue weighted by molar-refractivity contribution is 5.90. The van der Waals surface area contributed by atoms with E-state index in [9.17, 15) is 19.5 Å². The molecule has 1 rings (SSSR count). The van der Waals surface area contributed by atoms with Gasteiger partial charge in [0.05, 0.1) is 6.42 Å². The molecule has 5 N–H and O–H groups in total. The first kappa shape index (κ1) is 14.7. The first-order valence-electron chi connectivity index (χ1n) is 5.46. The minimum atomic E-state index is -1.50. The number of carbonyl (C=O) groups is 3. The molecule has 0 radical (unpaired) electrons. The molecule has 0 aromatic heterocycles. The number of primary amides is 1. The molecule has 2 atom stereocenters. The van der Waals surface area contributed by atoms with Crippen molar-refractivity contribution in [2.75, 3.05) is 0 Å². The highest BCUT2D eigenvalue weighted by Gasteiger charge is 2.26. The second kappa shape index (κ2) is 6.50. The maximum absolute atomic E-state index is 11.7. The van der Waals surface area contributed by atoms with E-state index in [1.807, 2.05) is 0 Å². The Labute approximate surface area is 109 Å². The Bertz CT molecular complexity index is 474. The first-order valence-corrected chi connectivity index (χ1v) is 5.46. The van der Waals surface area contributed by atoms with Gasteiger partial charge in [-0.2, -0.15) is 0 Å². The summed E-state index contributed by atoms with van der Waals surface area (Å²) >= 11 is 0. The molecule has 0 saturated carbocycles. The molecule has 0 spiro atoms. The van der Waals surface area contributed by atoms with Crippen LogP contribution in [0.1, 0.15) is 18.1 Å². The van der Waals surface area contributed by atoms with Gasteiger partial charge in [0.2, 0.25) is 5.91 Å². The second-order valence-electron chi connectivity index (χ2n) is 3.88. The van der Waals surface area contributed by atoms with Crippen molar-refractivity contribution in [3.8, 4) is 0 Å². The average Bonchev–Trinajstić information content (AvgIpc) is 2.37. The van der Waals surface area contributed by atoms with E-state index in [0.29, 0.717) is 5.56 Å². The van der Waals surface area contributed by atoms with Crippen molar-refractivity contribution in [1.82, 2.24) is 5.32 Å². The molecule has 0 bridgehead atoms. The van der Waals surface area contributed by atoms with Crippen molar-refractivity contribution in [2.45, 2.75) is 18.6 Å². The minimum Gasteiger partial charge on any atom is -0.480 e. The van der Waals surface area contributed by atoms with Crippen LogP contribution in [-0.4, -0.2) is 34.0 Å². The van der Waals surface area contributed by atoms with Crippen LogP contribution >= 0.6 is 0 Å². The smallest absolute Gasteiger partial charge is 0.326 e. The summed E-state index contributed by atoms with van der Waals surface area (Å²) in [5, 5.41) is 20.6. The van der Waals surface area contributed by atoms with Gasteiger partial charge in [-0.3, -0.25) is 9.59 Å². The van der Waals surface area contributed by atoms with E-state index in [4.69, 9.17) is 10.8 Å². The lowest BCUT2D eigenvalue weighted by Crippen LogP contribution is -2.45. The highest BCUT2D eigenvalue weighted by atomic mass is 16.4. The maximum atomic E-state index is 11.7. The van der Waals surface area contributed by atoms with Crippen LogP contribution in [0.5, 0.6) is 0 Å². The van der Waals surface area contributed by atoms with Crippen LogP contribution in [0, 0.1) is 0 Å². The summed E-state index contributed by atoms with van der Waals surface area (Å²) in [6.07, 6.45) is -2.04. The highest BCUT2D eigenvalue weighted by Crippen LogP contribution is 2.12. The molecule has 2 amide bonds. The van der Waals surface area contributed by atoms with Gasteiger partial charge in [-0.05, 0) is 5.56 Å². The number of carbonyl (C=O) groups excluding carboxylic acids is 2. The van der Waals surface area contributed by atoms with Gasteiger partial charge in [-0.1, -0.05) is 30.3 Å². The Morgan fingerprint density at radius 1 is 1.21 bits per heavy atom. The van der Waals surface area contributed by atoms with E-state index >= 15 is 0 Å². The Morgan fingerprint density at radius 2 is 1.79 bits per heavy atom. The number of hydrogen-bond donors (Lipinski definition) is 4. The lowest BCUT2D eigenvalue weighted by molar-refractivity contribution is -0.144. The zero-order valence-corrected chi connectivity index (χ0v) is 9.95. The van der Waals surface area contributed by atoms with Crippen LogP contribution in [0.15, 0.2) is 30.3 Å². The van der Waals surface area contributed by atoms with Crippen molar-refractivity contribution >= 4 is 17.8 Å². The Hall–Kier alpha value is -2.41. The third-order valence-corrected chi connectivity index (χ3v) is 2.38. The molecular weight excluding hydrogens is 252 g/mol. The van der Waals surface area contributed by atoms with Crippen LogP contribution in [-0.2, 0) is 14.4 Å². The predicted octanol–water partition coefficient (Wildman–Crippen LogP) is -0.835. The molecule has 1 unspecified atom stereocenters. The van der Waals surface area contributed by atoms with E-state index < -0.39 is 36.4 Å². The molecule has 1 aromatic carbocycles. The lowest BCUT2D eigenvalue weighted by Gasteiger charge is -2.16. The normalized spacial score (nSPS) is 13.3. The maximum Gasteiger partial charge on any atom is 0.326 e. The summed E-state index contributed by atoms with van der Waals surface area (Å²) in [5.41, 5.74) is 5.20. The number of aliphatic hydroxyl groups excluding tert-OH is 1. The zero-order chi connectivity index (χ0) is 14.4. The number of amides is 2. The molecule has 0 aliphatic heterocycles. The molecule has 1 aromatic rings. The van der Waals surface area contributed by atoms with Crippen LogP contribution in [0.4, 0.5) is 0 Å². The first-order chi connectivity index (χ1) is 8.91. The summed E-state index contributed by atoms with van der Waals surface area (Å²) in [6, 6.07) is 6.56. The molecule has 19 heavy (non-hydrogen) atoms. The van der Waals surface area contributed by atoms with Crippen LogP contribution in [0.2, 0.25) is 0 Å². The topological polar surface area (TPSA) is 130 Å². The molecule has 7 nitrogen and oxygen atoms in total. The monoisotopic (exact) mass is 266 g/mol. The van der Waals surface area contributed by atoms with Gasteiger partial charge in [0.1, 0.15) is 6.04 Å². The van der Waals surface area contributed by atoms with Crippen LogP contribution in [0.3, 0.4) is 0 Å². The fourth-order valence-corrected chi connectivity index (χ4v) is 1.44. The van der Waals surface area contributed by atoms with Gasteiger partial charge in [-0.15, -0.1) is 0 Å². The van der Waals surface area contributed by atoms with Crippen molar-refractivity contribution in [1.29, 1.82) is 0 Å². The summed E-state index contributed by atoms with van der Waals surface area (Å²) < 4.78 is 0. The third-order valence-electron chi connectivity index (χ3n) is 2.38. The fourth-order valence-electron chi connectivity index (χ4n) is 1.44. The number of nitrogens with one attached hydrogen (secondary N) is 1. The van der Waals surface area contributed by atoms with Gasteiger partial charge >= 0.3 is 5.97 Å².